The minimum Gasteiger partial charge on any atom is -0.497 e. The number of ether oxygens (including phenoxy) is 1. The quantitative estimate of drug-likeness (QED) is 0.615. The van der Waals surface area contributed by atoms with Crippen LogP contribution in [-0.2, 0) is 0 Å². The Morgan fingerprint density at radius 2 is 2.06 bits per heavy atom. The Morgan fingerprint density at radius 3 is 2.61 bits per heavy atom. The molecule has 18 heavy (non-hydrogen) atoms. The molecule has 0 spiro atoms. The molecule has 92 valence electrons. The number of rotatable bonds is 4. The molecule has 0 aliphatic heterocycles. The van der Waals surface area contributed by atoms with Gasteiger partial charge >= 0.3 is 0 Å². The predicted molar refractivity (Wildman–Crippen MR) is 78.4 cm³/mol. The van der Waals surface area contributed by atoms with Crippen molar-refractivity contribution in [2.24, 2.45) is 0 Å². The summed E-state index contributed by atoms with van der Waals surface area (Å²) in [6, 6.07) is 9.05. The Labute approximate surface area is 118 Å². The first kappa shape index (κ1) is 13.1. The normalized spacial score (nSPS) is 10.8. The number of carbonyl (C=O) groups excluding carboxylic acids is 1. The number of thiophene rings is 1. The van der Waals surface area contributed by atoms with Gasteiger partial charge in [-0.05, 0) is 63.3 Å². The van der Waals surface area contributed by atoms with Gasteiger partial charge in [-0.25, -0.2) is 0 Å². The van der Waals surface area contributed by atoms with Crippen LogP contribution in [-0.4, -0.2) is 12.9 Å². The first-order chi connectivity index (χ1) is 8.69. The third-order valence-corrected chi connectivity index (χ3v) is 3.91. The molecular formula is C14H11BrO2S. The van der Waals surface area contributed by atoms with Gasteiger partial charge in [0, 0.05) is 5.56 Å². The average Bonchev–Trinajstić information content (AvgIpc) is 2.82. The molecule has 0 amide bonds. The van der Waals surface area contributed by atoms with Crippen LogP contribution in [0.5, 0.6) is 5.75 Å². The molecule has 0 fully saturated rings. The van der Waals surface area contributed by atoms with Gasteiger partial charge in [-0.2, -0.15) is 0 Å². The number of benzene rings is 1. The summed E-state index contributed by atoms with van der Waals surface area (Å²) in [4.78, 5) is 11.9. The molecule has 0 bridgehead atoms. The summed E-state index contributed by atoms with van der Waals surface area (Å²) < 4.78 is 6.10. The molecule has 1 aromatic carbocycles. The third kappa shape index (κ3) is 3.31. The number of carbonyl (C=O) groups is 1. The van der Waals surface area contributed by atoms with E-state index in [1.165, 1.54) is 0 Å². The third-order valence-electron chi connectivity index (χ3n) is 2.39. The number of allylic oxidation sites excluding steroid dienone is 1. The minimum atomic E-state index is -0.0139. The maximum atomic E-state index is 11.9. The number of hydrogen-bond acceptors (Lipinski definition) is 3. The fourth-order valence-electron chi connectivity index (χ4n) is 1.43. The lowest BCUT2D eigenvalue weighted by Crippen LogP contribution is -1.93. The van der Waals surface area contributed by atoms with Crippen LogP contribution in [0.2, 0.25) is 0 Å². The molecule has 2 rings (SSSR count). The molecular weight excluding hydrogens is 312 g/mol. The van der Waals surface area contributed by atoms with Gasteiger partial charge in [-0.15, -0.1) is 11.3 Å². The highest BCUT2D eigenvalue weighted by molar-refractivity contribution is 9.11. The maximum absolute atomic E-state index is 11.9. The highest BCUT2D eigenvalue weighted by Crippen LogP contribution is 2.21. The molecule has 4 heteroatoms. The van der Waals surface area contributed by atoms with Crippen molar-refractivity contribution in [3.8, 4) is 5.75 Å². The monoisotopic (exact) mass is 322 g/mol. The lowest BCUT2D eigenvalue weighted by molar-refractivity contribution is 0.104. The van der Waals surface area contributed by atoms with E-state index in [4.69, 9.17) is 4.74 Å². The van der Waals surface area contributed by atoms with E-state index < -0.39 is 0 Å². The van der Waals surface area contributed by atoms with Gasteiger partial charge in [0.15, 0.2) is 5.78 Å². The van der Waals surface area contributed by atoms with E-state index in [0.29, 0.717) is 5.56 Å². The summed E-state index contributed by atoms with van der Waals surface area (Å²) in [6.07, 6.45) is 3.39. The molecule has 0 aliphatic rings. The Bertz CT molecular complexity index is 570. The molecule has 0 saturated carbocycles. The molecule has 0 saturated heterocycles. The summed E-state index contributed by atoms with van der Waals surface area (Å²) >= 11 is 4.98. The summed E-state index contributed by atoms with van der Waals surface area (Å²) in [6.45, 7) is 0. The van der Waals surface area contributed by atoms with E-state index in [0.717, 1.165) is 15.1 Å². The van der Waals surface area contributed by atoms with Gasteiger partial charge in [0.05, 0.1) is 10.9 Å². The van der Waals surface area contributed by atoms with Crippen LogP contribution in [0.1, 0.15) is 15.9 Å². The molecule has 2 aromatic rings. The van der Waals surface area contributed by atoms with Crippen LogP contribution < -0.4 is 4.74 Å². The Kier molecular flexibility index (Phi) is 4.33. The van der Waals surface area contributed by atoms with Crippen molar-refractivity contribution in [1.29, 1.82) is 0 Å². The summed E-state index contributed by atoms with van der Waals surface area (Å²) in [5, 5.41) is 1.99. The summed E-state index contributed by atoms with van der Waals surface area (Å²) in [7, 11) is 1.60. The number of ketones is 1. The van der Waals surface area contributed by atoms with Gasteiger partial charge < -0.3 is 4.74 Å². The minimum absolute atomic E-state index is 0.0139. The number of halogens is 1. The fourth-order valence-corrected chi connectivity index (χ4v) is 2.58. The van der Waals surface area contributed by atoms with Crippen LogP contribution in [0.15, 0.2) is 45.6 Å². The molecule has 0 radical (unpaired) electrons. The van der Waals surface area contributed by atoms with Crippen molar-refractivity contribution in [2.45, 2.75) is 0 Å². The van der Waals surface area contributed by atoms with Crippen LogP contribution >= 0.6 is 27.3 Å². The Hall–Kier alpha value is -1.39. The lowest BCUT2D eigenvalue weighted by atomic mass is 10.1. The first-order valence-corrected chi connectivity index (χ1v) is 6.97. The second-order valence-corrected chi connectivity index (χ2v) is 5.90. The van der Waals surface area contributed by atoms with Gasteiger partial charge in [-0.3, -0.25) is 4.79 Å². The number of methoxy groups -OCH3 is 1. The van der Waals surface area contributed by atoms with E-state index in [-0.39, 0.29) is 5.78 Å². The average molecular weight is 323 g/mol. The van der Waals surface area contributed by atoms with Crippen LogP contribution in [0, 0.1) is 0 Å². The van der Waals surface area contributed by atoms with Crippen molar-refractivity contribution in [2.75, 3.05) is 7.11 Å². The zero-order valence-corrected chi connectivity index (χ0v) is 12.1. The van der Waals surface area contributed by atoms with Gasteiger partial charge in [0.2, 0.25) is 0 Å². The smallest absolute Gasteiger partial charge is 0.185 e. The zero-order valence-electron chi connectivity index (χ0n) is 9.72. The largest absolute Gasteiger partial charge is 0.497 e. The molecule has 0 aliphatic carbocycles. The first-order valence-electron chi connectivity index (χ1n) is 5.29. The standard InChI is InChI=1S/C14H11BrO2S/c1-17-12-5-3-11(4-6-12)13(16)7-2-10-8-14(15)18-9-10/h2-9H,1H3/b7-2+. The molecule has 0 unspecified atom stereocenters. The summed E-state index contributed by atoms with van der Waals surface area (Å²) in [5.74, 6) is 0.734. The Balaban J connectivity index is 2.09. The summed E-state index contributed by atoms with van der Waals surface area (Å²) in [5.41, 5.74) is 1.68. The second-order valence-electron chi connectivity index (χ2n) is 3.61. The molecule has 2 nitrogen and oxygen atoms in total. The molecule has 0 atom stereocenters. The van der Waals surface area contributed by atoms with Gasteiger partial charge in [-0.1, -0.05) is 6.08 Å². The van der Waals surface area contributed by atoms with Gasteiger partial charge in [0.1, 0.15) is 5.75 Å². The van der Waals surface area contributed by atoms with Crippen molar-refractivity contribution in [3.05, 3.63) is 56.7 Å². The van der Waals surface area contributed by atoms with Crippen molar-refractivity contribution < 1.29 is 9.53 Å². The molecule has 1 heterocycles. The van der Waals surface area contributed by atoms with Crippen molar-refractivity contribution in [1.82, 2.24) is 0 Å². The topological polar surface area (TPSA) is 26.3 Å². The predicted octanol–water partition coefficient (Wildman–Crippen LogP) is 4.42. The highest BCUT2D eigenvalue weighted by atomic mass is 79.9. The lowest BCUT2D eigenvalue weighted by Gasteiger charge is -1.99. The van der Waals surface area contributed by atoms with E-state index in [9.17, 15) is 4.79 Å². The van der Waals surface area contributed by atoms with Crippen LogP contribution in [0.4, 0.5) is 0 Å². The zero-order chi connectivity index (χ0) is 13.0. The second kappa shape index (κ2) is 5.98. The van der Waals surface area contributed by atoms with Crippen molar-refractivity contribution in [3.63, 3.8) is 0 Å². The van der Waals surface area contributed by atoms with E-state index >= 15 is 0 Å². The maximum Gasteiger partial charge on any atom is 0.185 e. The highest BCUT2D eigenvalue weighted by Gasteiger charge is 2.02. The van der Waals surface area contributed by atoms with Crippen molar-refractivity contribution >= 4 is 39.1 Å². The van der Waals surface area contributed by atoms with Crippen LogP contribution in [0.3, 0.4) is 0 Å². The molecule has 0 N–H and O–H groups in total. The van der Waals surface area contributed by atoms with Gasteiger partial charge in [0.25, 0.3) is 0 Å². The number of hydrogen-bond donors (Lipinski definition) is 0. The van der Waals surface area contributed by atoms with E-state index in [2.05, 4.69) is 15.9 Å². The molecule has 1 aromatic heterocycles. The van der Waals surface area contributed by atoms with E-state index in [1.54, 1.807) is 48.8 Å². The van der Waals surface area contributed by atoms with Crippen LogP contribution in [0.25, 0.3) is 6.08 Å². The van der Waals surface area contributed by atoms with E-state index in [1.807, 2.05) is 17.5 Å². The SMILES string of the molecule is COc1ccc(C(=O)/C=C/c2csc(Br)c2)cc1. The fraction of sp³-hybridized carbons (Fsp3) is 0.0714. The Morgan fingerprint density at radius 1 is 1.33 bits per heavy atom.